The lowest BCUT2D eigenvalue weighted by Crippen LogP contribution is -2.51. The molecule has 0 radical (unpaired) electrons. The van der Waals surface area contributed by atoms with Crippen molar-refractivity contribution in [2.75, 3.05) is 26.7 Å². The summed E-state index contributed by atoms with van der Waals surface area (Å²) in [6.45, 7) is 2.77. The van der Waals surface area contributed by atoms with Crippen LogP contribution in [0.25, 0.3) is 0 Å². The molecular formula is C12H19N3O3. The Hall–Kier alpha value is -1.61. The van der Waals surface area contributed by atoms with Crippen molar-refractivity contribution in [3.05, 3.63) is 0 Å². The molecule has 0 aromatic carbocycles. The summed E-state index contributed by atoms with van der Waals surface area (Å²) in [7, 11) is 1.63. The van der Waals surface area contributed by atoms with Crippen molar-refractivity contribution in [3.63, 3.8) is 0 Å². The number of nitriles is 1. The Kier molecular flexibility index (Phi) is 4.68. The lowest BCUT2D eigenvalue weighted by atomic mass is 9.99. The normalized spacial score (nSPS) is 23.6. The third-order valence-corrected chi connectivity index (χ3v) is 3.56. The molecule has 1 amide bonds. The number of aliphatic carboxylic acids is 1. The fourth-order valence-electron chi connectivity index (χ4n) is 2.14. The van der Waals surface area contributed by atoms with Crippen molar-refractivity contribution in [2.24, 2.45) is 0 Å². The van der Waals surface area contributed by atoms with Crippen molar-refractivity contribution >= 4 is 11.9 Å². The lowest BCUT2D eigenvalue weighted by Gasteiger charge is -2.31. The molecule has 0 aromatic rings. The molecule has 6 heteroatoms. The van der Waals surface area contributed by atoms with Crippen LogP contribution in [0.4, 0.5) is 0 Å². The van der Waals surface area contributed by atoms with E-state index in [-0.39, 0.29) is 12.5 Å². The van der Waals surface area contributed by atoms with Gasteiger partial charge in [0.25, 0.3) is 0 Å². The molecule has 1 saturated heterocycles. The Bertz CT molecular complexity index is 377. The van der Waals surface area contributed by atoms with Crippen LogP contribution < -0.4 is 0 Å². The first-order chi connectivity index (χ1) is 8.41. The van der Waals surface area contributed by atoms with Crippen molar-refractivity contribution < 1.29 is 14.7 Å². The van der Waals surface area contributed by atoms with Crippen LogP contribution in [0.15, 0.2) is 0 Å². The number of carboxylic acid groups (broad SMARTS) is 1. The highest BCUT2D eigenvalue weighted by molar-refractivity contribution is 5.82. The van der Waals surface area contributed by atoms with Gasteiger partial charge in [-0.05, 0) is 26.3 Å². The maximum atomic E-state index is 11.9. The number of amides is 1. The summed E-state index contributed by atoms with van der Waals surface area (Å²) in [6, 6.07) is 1.98. The monoisotopic (exact) mass is 253 g/mol. The molecule has 0 saturated carbocycles. The van der Waals surface area contributed by atoms with E-state index in [1.165, 1.54) is 4.90 Å². The van der Waals surface area contributed by atoms with E-state index in [9.17, 15) is 14.7 Å². The molecular weight excluding hydrogens is 234 g/mol. The second-order valence-corrected chi connectivity index (χ2v) is 4.83. The maximum Gasteiger partial charge on any atom is 0.323 e. The predicted octanol–water partition coefficient (Wildman–Crippen LogP) is 0.298. The molecule has 1 aliphatic rings. The van der Waals surface area contributed by atoms with E-state index in [0.29, 0.717) is 25.9 Å². The summed E-state index contributed by atoms with van der Waals surface area (Å²) >= 11 is 0. The van der Waals surface area contributed by atoms with Crippen LogP contribution >= 0.6 is 0 Å². The van der Waals surface area contributed by atoms with Crippen LogP contribution in [-0.2, 0) is 9.59 Å². The molecule has 0 aliphatic carbocycles. The third kappa shape index (κ3) is 2.99. The van der Waals surface area contributed by atoms with Crippen LogP contribution in [-0.4, -0.2) is 59.0 Å². The average Bonchev–Trinajstić information content (AvgIpc) is 2.69. The highest BCUT2D eigenvalue weighted by Crippen LogP contribution is 2.28. The van der Waals surface area contributed by atoms with Crippen molar-refractivity contribution in [2.45, 2.75) is 31.7 Å². The molecule has 1 rings (SSSR count). The van der Waals surface area contributed by atoms with Crippen LogP contribution in [0.5, 0.6) is 0 Å². The summed E-state index contributed by atoms with van der Waals surface area (Å²) in [5.74, 6) is -1.02. The quantitative estimate of drug-likeness (QED) is 0.761. The van der Waals surface area contributed by atoms with E-state index in [0.717, 1.165) is 6.42 Å². The number of hydrogen-bond acceptors (Lipinski definition) is 4. The largest absolute Gasteiger partial charge is 0.480 e. The molecule has 100 valence electrons. The fraction of sp³-hybridized carbons (Fsp3) is 0.750. The van der Waals surface area contributed by atoms with E-state index in [4.69, 9.17) is 5.26 Å². The summed E-state index contributed by atoms with van der Waals surface area (Å²) in [5, 5.41) is 17.7. The van der Waals surface area contributed by atoms with Gasteiger partial charge in [-0.15, -0.1) is 0 Å². The SMILES string of the molecule is CN(CCC#N)C(=O)CN1CCCC1(C)C(=O)O. The molecule has 18 heavy (non-hydrogen) atoms. The predicted molar refractivity (Wildman–Crippen MR) is 64.7 cm³/mol. The van der Waals surface area contributed by atoms with Crippen molar-refractivity contribution in [1.82, 2.24) is 9.80 Å². The van der Waals surface area contributed by atoms with E-state index >= 15 is 0 Å². The number of nitrogens with zero attached hydrogens (tertiary/aromatic N) is 3. The fourth-order valence-corrected chi connectivity index (χ4v) is 2.14. The number of hydrogen-bond donors (Lipinski definition) is 1. The van der Waals surface area contributed by atoms with Gasteiger partial charge < -0.3 is 10.0 Å². The number of carbonyl (C=O) groups excluding carboxylic acids is 1. The van der Waals surface area contributed by atoms with Crippen LogP contribution in [0.2, 0.25) is 0 Å². The van der Waals surface area contributed by atoms with Gasteiger partial charge in [-0.1, -0.05) is 0 Å². The van der Waals surface area contributed by atoms with Gasteiger partial charge in [-0.25, -0.2) is 0 Å². The maximum absolute atomic E-state index is 11.9. The van der Waals surface area contributed by atoms with E-state index in [1.54, 1.807) is 18.9 Å². The minimum absolute atomic E-state index is 0.102. The second kappa shape index (κ2) is 5.83. The lowest BCUT2D eigenvalue weighted by molar-refractivity contribution is -0.149. The minimum Gasteiger partial charge on any atom is -0.480 e. The van der Waals surface area contributed by atoms with Crippen LogP contribution in [0.1, 0.15) is 26.2 Å². The van der Waals surface area contributed by atoms with Gasteiger partial charge >= 0.3 is 5.97 Å². The third-order valence-electron chi connectivity index (χ3n) is 3.56. The molecule has 1 unspecified atom stereocenters. The zero-order valence-electron chi connectivity index (χ0n) is 10.8. The van der Waals surface area contributed by atoms with Crippen LogP contribution in [0.3, 0.4) is 0 Å². The zero-order valence-corrected chi connectivity index (χ0v) is 10.8. The van der Waals surface area contributed by atoms with Crippen LogP contribution in [0, 0.1) is 11.3 Å². The molecule has 1 heterocycles. The Balaban J connectivity index is 2.59. The summed E-state index contributed by atoms with van der Waals surface area (Å²) in [4.78, 5) is 26.3. The summed E-state index contributed by atoms with van der Waals surface area (Å²) in [5.41, 5.74) is -0.939. The topological polar surface area (TPSA) is 84.6 Å². The Morgan fingerprint density at radius 2 is 2.22 bits per heavy atom. The van der Waals surface area contributed by atoms with Gasteiger partial charge in [0.05, 0.1) is 19.0 Å². The number of likely N-dealkylation sites (N-methyl/N-ethyl adjacent to an activating group) is 1. The molecule has 1 fully saturated rings. The number of likely N-dealkylation sites (tertiary alicyclic amines) is 1. The van der Waals surface area contributed by atoms with E-state index < -0.39 is 11.5 Å². The number of rotatable bonds is 5. The molecule has 0 spiro atoms. The number of carboxylic acids is 1. The minimum atomic E-state index is -0.939. The van der Waals surface area contributed by atoms with E-state index in [2.05, 4.69) is 0 Å². The van der Waals surface area contributed by atoms with Gasteiger partial charge in [-0.2, -0.15) is 5.26 Å². The van der Waals surface area contributed by atoms with Gasteiger partial charge in [0.2, 0.25) is 5.91 Å². The average molecular weight is 253 g/mol. The smallest absolute Gasteiger partial charge is 0.323 e. The molecule has 1 atom stereocenters. The van der Waals surface area contributed by atoms with Gasteiger partial charge in [0, 0.05) is 13.6 Å². The summed E-state index contributed by atoms with van der Waals surface area (Å²) < 4.78 is 0. The van der Waals surface area contributed by atoms with Crippen molar-refractivity contribution in [1.29, 1.82) is 5.26 Å². The number of carbonyl (C=O) groups is 2. The highest BCUT2D eigenvalue weighted by Gasteiger charge is 2.44. The zero-order chi connectivity index (χ0) is 13.8. The highest BCUT2D eigenvalue weighted by atomic mass is 16.4. The molecule has 1 N–H and O–H groups in total. The first kappa shape index (κ1) is 14.5. The standard InChI is InChI=1S/C12H19N3O3/c1-12(11(17)18)5-3-8-15(12)9-10(16)14(2)7-4-6-13/h3-5,7-9H2,1-2H3,(H,17,18). The van der Waals surface area contributed by atoms with Crippen molar-refractivity contribution in [3.8, 4) is 6.07 Å². The first-order valence-corrected chi connectivity index (χ1v) is 6.01. The Labute approximate surface area is 107 Å². The Morgan fingerprint density at radius 3 is 2.78 bits per heavy atom. The van der Waals surface area contributed by atoms with E-state index in [1.807, 2.05) is 6.07 Å². The molecule has 6 nitrogen and oxygen atoms in total. The van der Waals surface area contributed by atoms with Gasteiger partial charge in [0.15, 0.2) is 0 Å². The molecule has 1 aliphatic heterocycles. The second-order valence-electron chi connectivity index (χ2n) is 4.83. The van der Waals surface area contributed by atoms with Gasteiger partial charge in [-0.3, -0.25) is 14.5 Å². The molecule has 0 bridgehead atoms. The van der Waals surface area contributed by atoms with Gasteiger partial charge in [0.1, 0.15) is 5.54 Å². The summed E-state index contributed by atoms with van der Waals surface area (Å²) in [6.07, 6.45) is 1.65. The molecule has 0 aromatic heterocycles. The Morgan fingerprint density at radius 1 is 1.56 bits per heavy atom. The first-order valence-electron chi connectivity index (χ1n) is 6.01.